The maximum Gasteiger partial charge on any atom is 0.188 e. The quantitative estimate of drug-likeness (QED) is 0.530. The van der Waals surface area contributed by atoms with Crippen molar-refractivity contribution >= 4 is 5.78 Å². The third kappa shape index (κ3) is 4.09. The van der Waals surface area contributed by atoms with E-state index in [1.54, 1.807) is 0 Å². The number of hydrogen-bond acceptors (Lipinski definition) is 3. The van der Waals surface area contributed by atoms with Crippen LogP contribution in [-0.2, 0) is 0 Å². The Morgan fingerprint density at radius 1 is 1.21 bits per heavy atom. The van der Waals surface area contributed by atoms with Crippen LogP contribution < -0.4 is 9.47 Å². The van der Waals surface area contributed by atoms with Crippen molar-refractivity contribution in [2.45, 2.75) is 26.7 Å². The molecule has 19 heavy (non-hydrogen) atoms. The lowest BCUT2D eigenvalue weighted by atomic mass is 10.1. The molecule has 3 nitrogen and oxygen atoms in total. The fraction of sp³-hybridized carbons (Fsp3) is 0.400. The van der Waals surface area contributed by atoms with Crippen LogP contribution in [0.2, 0.25) is 0 Å². The summed E-state index contributed by atoms with van der Waals surface area (Å²) in [7, 11) is 0. The minimum atomic E-state index is -0.625. The SMILES string of the molecule is C=CC(=O)c1cc(OCCC)c(OCCC)cc1F. The van der Waals surface area contributed by atoms with Crippen LogP contribution in [0.4, 0.5) is 4.39 Å². The Hall–Kier alpha value is -1.84. The van der Waals surface area contributed by atoms with E-state index in [0.717, 1.165) is 18.9 Å². The molecule has 1 rings (SSSR count). The molecule has 104 valence electrons. The van der Waals surface area contributed by atoms with Gasteiger partial charge in [0.1, 0.15) is 5.82 Å². The Morgan fingerprint density at radius 2 is 1.74 bits per heavy atom. The highest BCUT2D eigenvalue weighted by Gasteiger charge is 2.15. The second kappa shape index (κ2) is 7.56. The standard InChI is InChI=1S/C15H19FO3/c1-4-7-18-14-9-11(13(17)6-3)12(16)10-15(14)19-8-5-2/h6,9-10H,3-5,7-8H2,1-2H3. The molecule has 0 amide bonds. The van der Waals surface area contributed by atoms with E-state index in [9.17, 15) is 9.18 Å². The Balaban J connectivity index is 3.11. The van der Waals surface area contributed by atoms with E-state index in [1.807, 2.05) is 13.8 Å². The topological polar surface area (TPSA) is 35.5 Å². The van der Waals surface area contributed by atoms with Crippen molar-refractivity contribution in [3.05, 3.63) is 36.2 Å². The van der Waals surface area contributed by atoms with Gasteiger partial charge in [0.05, 0.1) is 18.8 Å². The van der Waals surface area contributed by atoms with Gasteiger partial charge in [0.15, 0.2) is 17.3 Å². The normalized spacial score (nSPS) is 10.1. The van der Waals surface area contributed by atoms with E-state index >= 15 is 0 Å². The van der Waals surface area contributed by atoms with Gasteiger partial charge in [0.2, 0.25) is 0 Å². The van der Waals surface area contributed by atoms with Gasteiger partial charge in [-0.15, -0.1) is 0 Å². The first-order valence-corrected chi connectivity index (χ1v) is 6.39. The zero-order chi connectivity index (χ0) is 14.3. The Bertz CT molecular complexity index is 455. The van der Waals surface area contributed by atoms with Gasteiger partial charge in [-0.3, -0.25) is 4.79 Å². The molecule has 0 fully saturated rings. The largest absolute Gasteiger partial charge is 0.490 e. The van der Waals surface area contributed by atoms with Crippen molar-refractivity contribution in [2.24, 2.45) is 0 Å². The molecule has 1 aromatic rings. The summed E-state index contributed by atoms with van der Waals surface area (Å²) >= 11 is 0. The number of benzene rings is 1. The summed E-state index contributed by atoms with van der Waals surface area (Å²) in [6.45, 7) is 8.23. The van der Waals surface area contributed by atoms with E-state index < -0.39 is 11.6 Å². The summed E-state index contributed by atoms with van der Waals surface area (Å²) < 4.78 is 24.7. The molecule has 0 aliphatic heterocycles. The minimum Gasteiger partial charge on any atom is -0.490 e. The molecule has 0 atom stereocenters. The summed E-state index contributed by atoms with van der Waals surface area (Å²) in [4.78, 5) is 11.5. The highest BCUT2D eigenvalue weighted by molar-refractivity contribution is 6.04. The Kier molecular flexibility index (Phi) is 6.06. The van der Waals surface area contributed by atoms with Gasteiger partial charge >= 0.3 is 0 Å². The summed E-state index contributed by atoms with van der Waals surface area (Å²) in [6, 6.07) is 2.57. The first kappa shape index (κ1) is 15.2. The van der Waals surface area contributed by atoms with E-state index in [2.05, 4.69) is 6.58 Å². The van der Waals surface area contributed by atoms with Crippen LogP contribution in [-0.4, -0.2) is 19.0 Å². The average molecular weight is 266 g/mol. The molecule has 0 saturated heterocycles. The number of halogens is 1. The van der Waals surface area contributed by atoms with Crippen LogP contribution in [0.1, 0.15) is 37.0 Å². The molecule has 0 aromatic heterocycles. The third-order valence-electron chi connectivity index (χ3n) is 2.41. The number of carbonyl (C=O) groups is 1. The fourth-order valence-electron chi connectivity index (χ4n) is 1.48. The highest BCUT2D eigenvalue weighted by Crippen LogP contribution is 2.31. The number of carbonyl (C=O) groups excluding carboxylic acids is 1. The third-order valence-corrected chi connectivity index (χ3v) is 2.41. The van der Waals surface area contributed by atoms with Crippen molar-refractivity contribution in [3.63, 3.8) is 0 Å². The van der Waals surface area contributed by atoms with Crippen molar-refractivity contribution in [3.8, 4) is 11.5 Å². The molecular weight excluding hydrogens is 247 g/mol. The molecule has 4 heteroatoms. The van der Waals surface area contributed by atoms with Crippen LogP contribution >= 0.6 is 0 Å². The van der Waals surface area contributed by atoms with Crippen LogP contribution in [0.3, 0.4) is 0 Å². The van der Waals surface area contributed by atoms with Crippen molar-refractivity contribution in [1.82, 2.24) is 0 Å². The number of hydrogen-bond donors (Lipinski definition) is 0. The van der Waals surface area contributed by atoms with E-state index in [1.165, 1.54) is 12.1 Å². The van der Waals surface area contributed by atoms with Gasteiger partial charge in [-0.05, 0) is 25.0 Å². The molecule has 0 heterocycles. The molecule has 0 unspecified atom stereocenters. The number of allylic oxidation sites excluding steroid dienone is 1. The fourth-order valence-corrected chi connectivity index (χ4v) is 1.48. The molecule has 0 aliphatic carbocycles. The van der Waals surface area contributed by atoms with Gasteiger partial charge in [-0.2, -0.15) is 0 Å². The van der Waals surface area contributed by atoms with Crippen molar-refractivity contribution in [2.75, 3.05) is 13.2 Å². The molecule has 0 saturated carbocycles. The lowest BCUT2D eigenvalue weighted by Crippen LogP contribution is -2.05. The molecule has 0 bridgehead atoms. The molecule has 1 aromatic carbocycles. The molecule has 0 spiro atoms. The van der Waals surface area contributed by atoms with Crippen LogP contribution in [0.25, 0.3) is 0 Å². The molecular formula is C15H19FO3. The lowest BCUT2D eigenvalue weighted by Gasteiger charge is -2.13. The smallest absolute Gasteiger partial charge is 0.188 e. The van der Waals surface area contributed by atoms with Crippen LogP contribution in [0.15, 0.2) is 24.8 Å². The second-order valence-electron chi connectivity index (χ2n) is 4.04. The lowest BCUT2D eigenvalue weighted by molar-refractivity contribution is 0.104. The maximum absolute atomic E-state index is 13.8. The van der Waals surface area contributed by atoms with Gasteiger partial charge in [-0.25, -0.2) is 4.39 Å². The van der Waals surface area contributed by atoms with E-state index in [-0.39, 0.29) is 5.56 Å². The number of ether oxygens (including phenoxy) is 2. The summed E-state index contributed by atoms with van der Waals surface area (Å²) in [6.07, 6.45) is 2.70. The Morgan fingerprint density at radius 3 is 2.21 bits per heavy atom. The molecule has 0 N–H and O–H groups in total. The van der Waals surface area contributed by atoms with E-state index in [4.69, 9.17) is 9.47 Å². The van der Waals surface area contributed by atoms with Crippen molar-refractivity contribution in [1.29, 1.82) is 0 Å². The first-order valence-electron chi connectivity index (χ1n) is 6.39. The summed E-state index contributed by atoms with van der Waals surface area (Å²) in [5.41, 5.74) is -0.0510. The minimum absolute atomic E-state index is 0.0510. The second-order valence-corrected chi connectivity index (χ2v) is 4.04. The maximum atomic E-state index is 13.8. The molecule has 0 radical (unpaired) electrons. The number of rotatable bonds is 8. The van der Waals surface area contributed by atoms with Gasteiger partial charge in [0, 0.05) is 6.07 Å². The zero-order valence-corrected chi connectivity index (χ0v) is 11.4. The Labute approximate surface area is 113 Å². The summed E-state index contributed by atoms with van der Waals surface area (Å²) in [5, 5.41) is 0. The first-order chi connectivity index (χ1) is 9.13. The monoisotopic (exact) mass is 266 g/mol. The zero-order valence-electron chi connectivity index (χ0n) is 11.4. The van der Waals surface area contributed by atoms with Gasteiger partial charge in [0.25, 0.3) is 0 Å². The predicted molar refractivity (Wildman–Crippen MR) is 72.5 cm³/mol. The van der Waals surface area contributed by atoms with Gasteiger partial charge < -0.3 is 9.47 Å². The highest BCUT2D eigenvalue weighted by atomic mass is 19.1. The predicted octanol–water partition coefficient (Wildman–Crippen LogP) is 3.77. The summed E-state index contributed by atoms with van der Waals surface area (Å²) in [5.74, 6) is -0.379. The van der Waals surface area contributed by atoms with Gasteiger partial charge in [-0.1, -0.05) is 20.4 Å². The van der Waals surface area contributed by atoms with E-state index in [0.29, 0.717) is 24.7 Å². The van der Waals surface area contributed by atoms with Crippen molar-refractivity contribution < 1.29 is 18.7 Å². The van der Waals surface area contributed by atoms with Crippen LogP contribution in [0.5, 0.6) is 11.5 Å². The van der Waals surface area contributed by atoms with Crippen LogP contribution in [0, 0.1) is 5.82 Å². The average Bonchev–Trinajstić information content (AvgIpc) is 2.43. The molecule has 0 aliphatic rings. The number of ketones is 1.